The summed E-state index contributed by atoms with van der Waals surface area (Å²) in [7, 11) is 2.18. The standard InChI is InChI=1S/C16H30N2S/c1-16(2)11-9-14(10-12-16)18(3)15(19)17-13-7-5-4-6-8-13/h13-14H,4-12H2,1-3H3,(H,17,19). The van der Waals surface area contributed by atoms with E-state index in [1.807, 2.05) is 0 Å². The Labute approximate surface area is 124 Å². The predicted molar refractivity (Wildman–Crippen MR) is 86.4 cm³/mol. The maximum atomic E-state index is 5.61. The fraction of sp³-hybridized carbons (Fsp3) is 0.938. The SMILES string of the molecule is CN(C(=S)NC1CCCCC1)C1CCC(C)(C)CC1. The fourth-order valence-electron chi connectivity index (χ4n) is 3.46. The third-order valence-corrected chi connectivity index (χ3v) is 5.52. The normalized spacial score (nSPS) is 25.0. The first-order valence-electron chi connectivity index (χ1n) is 8.01. The van der Waals surface area contributed by atoms with Gasteiger partial charge >= 0.3 is 0 Å². The van der Waals surface area contributed by atoms with E-state index in [-0.39, 0.29) is 0 Å². The molecule has 0 aromatic rings. The van der Waals surface area contributed by atoms with Gasteiger partial charge in [0.1, 0.15) is 0 Å². The molecule has 0 aliphatic heterocycles. The van der Waals surface area contributed by atoms with Gasteiger partial charge in [0.2, 0.25) is 0 Å². The number of hydrogen-bond acceptors (Lipinski definition) is 1. The van der Waals surface area contributed by atoms with Gasteiger partial charge < -0.3 is 10.2 Å². The van der Waals surface area contributed by atoms with Crippen molar-refractivity contribution in [1.29, 1.82) is 0 Å². The van der Waals surface area contributed by atoms with Crippen LogP contribution in [0.5, 0.6) is 0 Å². The molecule has 2 aliphatic carbocycles. The molecule has 0 atom stereocenters. The first kappa shape index (κ1) is 15.1. The second-order valence-electron chi connectivity index (χ2n) is 7.29. The number of nitrogens with one attached hydrogen (secondary N) is 1. The Morgan fingerprint density at radius 1 is 1.05 bits per heavy atom. The minimum absolute atomic E-state index is 0.537. The van der Waals surface area contributed by atoms with Gasteiger partial charge in [-0.05, 0) is 56.2 Å². The number of nitrogens with zero attached hydrogens (tertiary/aromatic N) is 1. The van der Waals surface area contributed by atoms with E-state index in [0.717, 1.165) is 5.11 Å². The van der Waals surface area contributed by atoms with E-state index >= 15 is 0 Å². The maximum absolute atomic E-state index is 5.61. The highest BCUT2D eigenvalue weighted by molar-refractivity contribution is 7.80. The van der Waals surface area contributed by atoms with Crippen molar-refractivity contribution in [2.45, 2.75) is 83.7 Å². The molecule has 2 fully saturated rings. The lowest BCUT2D eigenvalue weighted by atomic mass is 9.75. The zero-order valence-corrected chi connectivity index (χ0v) is 13.7. The highest BCUT2D eigenvalue weighted by atomic mass is 32.1. The van der Waals surface area contributed by atoms with Gasteiger partial charge in [-0.3, -0.25) is 0 Å². The molecule has 0 spiro atoms. The Kier molecular flexibility index (Phi) is 5.10. The quantitative estimate of drug-likeness (QED) is 0.768. The molecule has 3 heteroatoms. The summed E-state index contributed by atoms with van der Waals surface area (Å²) in [5.41, 5.74) is 0.537. The van der Waals surface area contributed by atoms with Crippen LogP contribution in [0.2, 0.25) is 0 Å². The average Bonchev–Trinajstić information content (AvgIpc) is 2.39. The van der Waals surface area contributed by atoms with Crippen LogP contribution in [0.4, 0.5) is 0 Å². The molecule has 2 saturated carbocycles. The molecule has 0 saturated heterocycles. The Balaban J connectivity index is 1.78. The van der Waals surface area contributed by atoms with Crippen LogP contribution < -0.4 is 5.32 Å². The number of hydrogen-bond donors (Lipinski definition) is 1. The van der Waals surface area contributed by atoms with Crippen molar-refractivity contribution in [3.05, 3.63) is 0 Å². The minimum Gasteiger partial charge on any atom is -0.360 e. The molecule has 0 radical (unpaired) electrons. The molecule has 1 N–H and O–H groups in total. The van der Waals surface area contributed by atoms with Crippen molar-refractivity contribution in [3.8, 4) is 0 Å². The predicted octanol–water partition coefficient (Wildman–Crippen LogP) is 4.09. The Bertz CT molecular complexity index is 298. The summed E-state index contributed by atoms with van der Waals surface area (Å²) in [6.07, 6.45) is 12.0. The topological polar surface area (TPSA) is 15.3 Å². The smallest absolute Gasteiger partial charge is 0.169 e. The van der Waals surface area contributed by atoms with Gasteiger partial charge in [0.15, 0.2) is 5.11 Å². The third-order valence-electron chi connectivity index (χ3n) is 5.11. The zero-order chi connectivity index (χ0) is 13.9. The number of rotatable bonds is 2. The Hall–Kier alpha value is -0.310. The van der Waals surface area contributed by atoms with Crippen LogP contribution in [0.1, 0.15) is 71.6 Å². The van der Waals surface area contributed by atoms with E-state index in [4.69, 9.17) is 12.2 Å². The van der Waals surface area contributed by atoms with Crippen LogP contribution in [-0.4, -0.2) is 29.1 Å². The lowest BCUT2D eigenvalue weighted by Gasteiger charge is -2.40. The highest BCUT2D eigenvalue weighted by Crippen LogP contribution is 2.36. The molecular weight excluding hydrogens is 252 g/mol. The second kappa shape index (κ2) is 6.43. The van der Waals surface area contributed by atoms with E-state index in [0.29, 0.717) is 17.5 Å². The van der Waals surface area contributed by atoms with Gasteiger partial charge in [-0.25, -0.2) is 0 Å². The molecule has 19 heavy (non-hydrogen) atoms. The molecule has 0 aromatic carbocycles. The van der Waals surface area contributed by atoms with Crippen molar-refractivity contribution in [1.82, 2.24) is 10.2 Å². The Morgan fingerprint density at radius 2 is 1.63 bits per heavy atom. The summed E-state index contributed by atoms with van der Waals surface area (Å²) in [6, 6.07) is 1.28. The molecular formula is C16H30N2S. The van der Waals surface area contributed by atoms with Gasteiger partial charge in [0, 0.05) is 19.1 Å². The van der Waals surface area contributed by atoms with Crippen LogP contribution >= 0.6 is 12.2 Å². The summed E-state index contributed by atoms with van der Waals surface area (Å²) in [6.45, 7) is 4.78. The van der Waals surface area contributed by atoms with Gasteiger partial charge in [-0.1, -0.05) is 33.1 Å². The van der Waals surface area contributed by atoms with E-state index in [1.54, 1.807) is 0 Å². The minimum atomic E-state index is 0.537. The fourth-order valence-corrected chi connectivity index (χ4v) is 3.78. The highest BCUT2D eigenvalue weighted by Gasteiger charge is 2.30. The molecule has 0 unspecified atom stereocenters. The van der Waals surface area contributed by atoms with E-state index in [2.05, 4.69) is 31.1 Å². The van der Waals surface area contributed by atoms with E-state index in [9.17, 15) is 0 Å². The van der Waals surface area contributed by atoms with Crippen LogP contribution in [-0.2, 0) is 0 Å². The summed E-state index contributed by atoms with van der Waals surface area (Å²) in [4.78, 5) is 2.33. The molecule has 2 aliphatic rings. The molecule has 0 aromatic heterocycles. The second-order valence-corrected chi connectivity index (χ2v) is 7.68. The zero-order valence-electron chi connectivity index (χ0n) is 12.9. The van der Waals surface area contributed by atoms with Crippen molar-refractivity contribution >= 4 is 17.3 Å². The molecule has 0 heterocycles. The van der Waals surface area contributed by atoms with Crippen molar-refractivity contribution in [3.63, 3.8) is 0 Å². The summed E-state index contributed by atoms with van der Waals surface area (Å²) in [5.74, 6) is 0. The summed E-state index contributed by atoms with van der Waals surface area (Å²) >= 11 is 5.61. The van der Waals surface area contributed by atoms with Crippen LogP contribution in [0.25, 0.3) is 0 Å². The maximum Gasteiger partial charge on any atom is 0.169 e. The summed E-state index contributed by atoms with van der Waals surface area (Å²) < 4.78 is 0. The molecule has 2 rings (SSSR count). The largest absolute Gasteiger partial charge is 0.360 e. The lowest BCUT2D eigenvalue weighted by Crippen LogP contribution is -2.49. The monoisotopic (exact) mass is 282 g/mol. The lowest BCUT2D eigenvalue weighted by molar-refractivity contribution is 0.167. The molecule has 0 bridgehead atoms. The van der Waals surface area contributed by atoms with Crippen LogP contribution in [0.3, 0.4) is 0 Å². The van der Waals surface area contributed by atoms with Crippen molar-refractivity contribution < 1.29 is 0 Å². The van der Waals surface area contributed by atoms with Crippen molar-refractivity contribution in [2.75, 3.05) is 7.05 Å². The van der Waals surface area contributed by atoms with Crippen molar-refractivity contribution in [2.24, 2.45) is 5.41 Å². The summed E-state index contributed by atoms with van der Waals surface area (Å²) in [5, 5.41) is 4.58. The van der Waals surface area contributed by atoms with Gasteiger partial charge in [0.05, 0.1) is 0 Å². The molecule has 110 valence electrons. The van der Waals surface area contributed by atoms with E-state index < -0.39 is 0 Å². The Morgan fingerprint density at radius 3 is 2.21 bits per heavy atom. The van der Waals surface area contributed by atoms with Gasteiger partial charge in [0.25, 0.3) is 0 Å². The average molecular weight is 282 g/mol. The first-order valence-corrected chi connectivity index (χ1v) is 8.42. The van der Waals surface area contributed by atoms with Crippen LogP contribution in [0.15, 0.2) is 0 Å². The first-order chi connectivity index (χ1) is 8.98. The third kappa shape index (κ3) is 4.34. The number of thiocarbonyl (C=S) groups is 1. The molecule has 2 nitrogen and oxygen atoms in total. The van der Waals surface area contributed by atoms with Gasteiger partial charge in [-0.15, -0.1) is 0 Å². The molecule has 0 amide bonds. The van der Waals surface area contributed by atoms with E-state index in [1.165, 1.54) is 57.8 Å². The van der Waals surface area contributed by atoms with Gasteiger partial charge in [-0.2, -0.15) is 0 Å². The van der Waals surface area contributed by atoms with Crippen LogP contribution in [0, 0.1) is 5.41 Å².